The van der Waals surface area contributed by atoms with E-state index in [4.69, 9.17) is 9.47 Å². The van der Waals surface area contributed by atoms with E-state index in [2.05, 4.69) is 19.2 Å². The van der Waals surface area contributed by atoms with E-state index in [1.807, 2.05) is 6.07 Å². The van der Waals surface area contributed by atoms with E-state index >= 15 is 0 Å². The summed E-state index contributed by atoms with van der Waals surface area (Å²) >= 11 is 0. The number of benzene rings is 1. The molecule has 0 aliphatic carbocycles. The molecule has 3 nitrogen and oxygen atoms in total. The number of hydrogen-bond acceptors (Lipinski definition) is 3. The van der Waals surface area contributed by atoms with Gasteiger partial charge in [0, 0.05) is 6.61 Å². The Labute approximate surface area is 120 Å². The summed E-state index contributed by atoms with van der Waals surface area (Å²) in [4.78, 5) is 0. The third kappa shape index (κ3) is 3.13. The molecule has 2 rings (SSSR count). The van der Waals surface area contributed by atoms with Crippen LogP contribution in [-0.4, -0.2) is 25.9 Å². The molecule has 112 valence electrons. The Balaban J connectivity index is 2.28. The van der Waals surface area contributed by atoms with Crippen LogP contribution in [-0.2, 0) is 4.74 Å². The Morgan fingerprint density at radius 1 is 1.50 bits per heavy atom. The van der Waals surface area contributed by atoms with E-state index in [0.29, 0.717) is 0 Å². The average molecular weight is 281 g/mol. The lowest BCUT2D eigenvalue weighted by molar-refractivity contribution is -0.0125. The highest BCUT2D eigenvalue weighted by molar-refractivity contribution is 5.32. The highest BCUT2D eigenvalue weighted by Crippen LogP contribution is 2.38. The second kappa shape index (κ2) is 6.55. The summed E-state index contributed by atoms with van der Waals surface area (Å²) in [5.41, 5.74) is 0.650. The van der Waals surface area contributed by atoms with Crippen LogP contribution in [0.3, 0.4) is 0 Å². The molecule has 0 saturated carbocycles. The summed E-state index contributed by atoms with van der Waals surface area (Å²) in [5.74, 6) is -0.0459. The van der Waals surface area contributed by atoms with Crippen LogP contribution in [0.5, 0.6) is 5.75 Å². The van der Waals surface area contributed by atoms with Crippen molar-refractivity contribution >= 4 is 0 Å². The molecule has 0 spiro atoms. The van der Waals surface area contributed by atoms with Gasteiger partial charge in [-0.25, -0.2) is 4.39 Å². The predicted octanol–water partition coefficient (Wildman–Crippen LogP) is 3.44. The number of ether oxygens (including phenoxy) is 2. The molecule has 1 aliphatic heterocycles. The minimum absolute atomic E-state index is 0.00496. The van der Waals surface area contributed by atoms with Gasteiger partial charge in [-0.15, -0.1) is 0 Å². The molecule has 0 bridgehead atoms. The van der Waals surface area contributed by atoms with Gasteiger partial charge in [0.15, 0.2) is 11.6 Å². The molecule has 4 heteroatoms. The van der Waals surface area contributed by atoms with E-state index in [-0.39, 0.29) is 23.2 Å². The van der Waals surface area contributed by atoms with E-state index < -0.39 is 0 Å². The van der Waals surface area contributed by atoms with Crippen molar-refractivity contribution in [1.29, 1.82) is 0 Å². The first-order valence-corrected chi connectivity index (χ1v) is 7.31. The Hall–Kier alpha value is -1.13. The fraction of sp³-hybridized carbons (Fsp3) is 0.625. The standard InChI is InChI=1S/C16H24FNO2/c1-4-9-18-15(16(2)8-5-10-20-16)12-6-7-14(19-3)13(17)11-12/h6-7,11,15,18H,4-5,8-10H2,1-3H3. The monoisotopic (exact) mass is 281 g/mol. The Bertz CT molecular complexity index is 444. The highest BCUT2D eigenvalue weighted by atomic mass is 19.1. The third-order valence-electron chi connectivity index (χ3n) is 3.97. The number of hydrogen-bond donors (Lipinski definition) is 1. The molecular weight excluding hydrogens is 257 g/mol. The fourth-order valence-electron chi connectivity index (χ4n) is 2.87. The van der Waals surface area contributed by atoms with Crippen LogP contribution in [0.2, 0.25) is 0 Å². The zero-order chi connectivity index (χ0) is 14.6. The predicted molar refractivity (Wildman–Crippen MR) is 77.6 cm³/mol. The molecule has 2 atom stereocenters. The van der Waals surface area contributed by atoms with Crippen molar-refractivity contribution in [3.8, 4) is 5.75 Å². The van der Waals surface area contributed by atoms with Crippen LogP contribution in [0.1, 0.15) is 44.7 Å². The second-order valence-corrected chi connectivity index (χ2v) is 5.55. The maximum atomic E-state index is 14.0. The zero-order valence-corrected chi connectivity index (χ0v) is 12.5. The normalized spacial score (nSPS) is 23.8. The molecule has 0 aromatic heterocycles. The SMILES string of the molecule is CCCNC(c1ccc(OC)c(F)c1)C1(C)CCCO1. The maximum Gasteiger partial charge on any atom is 0.165 e. The Morgan fingerprint density at radius 3 is 2.85 bits per heavy atom. The lowest BCUT2D eigenvalue weighted by atomic mass is 9.87. The number of nitrogens with one attached hydrogen (secondary N) is 1. The third-order valence-corrected chi connectivity index (χ3v) is 3.97. The van der Waals surface area contributed by atoms with Gasteiger partial charge in [-0.3, -0.25) is 0 Å². The largest absolute Gasteiger partial charge is 0.494 e. The minimum Gasteiger partial charge on any atom is -0.494 e. The van der Waals surface area contributed by atoms with Crippen molar-refractivity contribution in [2.24, 2.45) is 0 Å². The fourth-order valence-corrected chi connectivity index (χ4v) is 2.87. The summed E-state index contributed by atoms with van der Waals surface area (Å²) in [6, 6.07) is 5.16. The first kappa shape index (κ1) is 15.3. The van der Waals surface area contributed by atoms with E-state index in [9.17, 15) is 4.39 Å². The summed E-state index contributed by atoms with van der Waals surface area (Å²) in [6.07, 6.45) is 3.08. The van der Waals surface area contributed by atoms with Gasteiger partial charge in [0.05, 0.1) is 18.8 Å². The van der Waals surface area contributed by atoms with Crippen molar-refractivity contribution in [2.45, 2.75) is 44.8 Å². The molecule has 1 aliphatic rings. The lowest BCUT2D eigenvalue weighted by Crippen LogP contribution is -2.41. The summed E-state index contributed by atoms with van der Waals surface area (Å²) < 4.78 is 24.9. The van der Waals surface area contributed by atoms with Crippen molar-refractivity contribution in [1.82, 2.24) is 5.32 Å². The quantitative estimate of drug-likeness (QED) is 0.866. The molecule has 1 N–H and O–H groups in total. The molecule has 0 amide bonds. The van der Waals surface area contributed by atoms with Crippen molar-refractivity contribution in [3.05, 3.63) is 29.6 Å². The molecule has 2 unspecified atom stereocenters. The summed E-state index contributed by atoms with van der Waals surface area (Å²) in [6.45, 7) is 5.89. The Morgan fingerprint density at radius 2 is 2.30 bits per heavy atom. The Kier molecular flexibility index (Phi) is 5.00. The van der Waals surface area contributed by atoms with Gasteiger partial charge in [0.1, 0.15) is 0 Å². The van der Waals surface area contributed by atoms with Crippen LogP contribution < -0.4 is 10.1 Å². The molecule has 1 aromatic rings. The summed E-state index contributed by atoms with van der Waals surface area (Å²) in [7, 11) is 1.48. The van der Waals surface area contributed by atoms with Crippen LogP contribution in [0.25, 0.3) is 0 Å². The van der Waals surface area contributed by atoms with Crippen molar-refractivity contribution in [3.63, 3.8) is 0 Å². The molecular formula is C16H24FNO2. The minimum atomic E-state index is -0.324. The number of rotatable bonds is 6. The molecule has 1 aromatic carbocycles. The van der Waals surface area contributed by atoms with Crippen LogP contribution in [0.15, 0.2) is 18.2 Å². The van der Waals surface area contributed by atoms with Gasteiger partial charge in [-0.05, 0) is 50.4 Å². The van der Waals surface area contributed by atoms with Gasteiger partial charge in [-0.1, -0.05) is 13.0 Å². The van der Waals surface area contributed by atoms with Crippen molar-refractivity contribution in [2.75, 3.05) is 20.3 Å². The molecule has 20 heavy (non-hydrogen) atoms. The van der Waals surface area contributed by atoms with Crippen LogP contribution >= 0.6 is 0 Å². The molecule has 0 radical (unpaired) electrons. The van der Waals surface area contributed by atoms with Gasteiger partial charge >= 0.3 is 0 Å². The van der Waals surface area contributed by atoms with Crippen LogP contribution in [0.4, 0.5) is 4.39 Å². The number of methoxy groups -OCH3 is 1. The lowest BCUT2D eigenvalue weighted by Gasteiger charge is -2.34. The molecule has 1 heterocycles. The van der Waals surface area contributed by atoms with Crippen molar-refractivity contribution < 1.29 is 13.9 Å². The second-order valence-electron chi connectivity index (χ2n) is 5.55. The highest BCUT2D eigenvalue weighted by Gasteiger charge is 2.39. The zero-order valence-electron chi connectivity index (χ0n) is 12.5. The van der Waals surface area contributed by atoms with E-state index in [0.717, 1.165) is 38.0 Å². The van der Waals surface area contributed by atoms with Gasteiger partial charge < -0.3 is 14.8 Å². The van der Waals surface area contributed by atoms with Gasteiger partial charge in [0.2, 0.25) is 0 Å². The average Bonchev–Trinajstić information content (AvgIpc) is 2.87. The molecule has 1 fully saturated rings. The van der Waals surface area contributed by atoms with Crippen LogP contribution in [0, 0.1) is 5.82 Å². The smallest absolute Gasteiger partial charge is 0.165 e. The first-order valence-electron chi connectivity index (χ1n) is 7.31. The molecule has 1 saturated heterocycles. The van der Waals surface area contributed by atoms with Gasteiger partial charge in [0.25, 0.3) is 0 Å². The van der Waals surface area contributed by atoms with E-state index in [1.54, 1.807) is 12.1 Å². The van der Waals surface area contributed by atoms with Gasteiger partial charge in [-0.2, -0.15) is 0 Å². The maximum absolute atomic E-state index is 14.0. The van der Waals surface area contributed by atoms with E-state index in [1.165, 1.54) is 7.11 Å². The number of halogens is 1. The topological polar surface area (TPSA) is 30.5 Å². The first-order chi connectivity index (χ1) is 9.60. The summed E-state index contributed by atoms with van der Waals surface area (Å²) in [5, 5.41) is 3.50.